The number of hydrogen-bond donors (Lipinski definition) is 1. The van der Waals surface area contributed by atoms with Crippen LogP contribution in [0.1, 0.15) is 78.7 Å². The van der Waals surface area contributed by atoms with Gasteiger partial charge in [0.15, 0.2) is 0 Å². The number of benzene rings is 1. The summed E-state index contributed by atoms with van der Waals surface area (Å²) in [4.78, 5) is 23.0. The average molecular weight is 463 g/mol. The van der Waals surface area contributed by atoms with E-state index in [9.17, 15) is 4.79 Å². The van der Waals surface area contributed by atoms with Crippen molar-refractivity contribution in [2.45, 2.75) is 58.0 Å². The van der Waals surface area contributed by atoms with E-state index in [-0.39, 0.29) is 17.0 Å². The summed E-state index contributed by atoms with van der Waals surface area (Å²) < 4.78 is 30.4. The first-order chi connectivity index (χ1) is 16.5. The Morgan fingerprint density at radius 3 is 2.59 bits per heavy atom. The number of fused-ring (bicyclic) bond motifs is 1. The number of pyridine rings is 2. The van der Waals surface area contributed by atoms with Crippen LogP contribution in [0.3, 0.4) is 0 Å². The molecule has 5 rings (SSSR count). The Morgan fingerprint density at radius 1 is 1.06 bits per heavy atom. The largest absolute Gasteiger partial charge is 0.363 e. The Balaban J connectivity index is 1.41. The molecular formula is C27H28F2N4O. The summed E-state index contributed by atoms with van der Waals surface area (Å²) in [7, 11) is 0. The van der Waals surface area contributed by atoms with Crippen LogP contribution in [0.25, 0.3) is 11.1 Å². The third-order valence-electron chi connectivity index (χ3n) is 7.08. The van der Waals surface area contributed by atoms with Gasteiger partial charge in [-0.05, 0) is 62.6 Å². The zero-order valence-corrected chi connectivity index (χ0v) is 19.4. The molecule has 1 atom stereocenters. The predicted molar refractivity (Wildman–Crippen MR) is 127 cm³/mol. The first-order valence-electron chi connectivity index (χ1n) is 11.9. The van der Waals surface area contributed by atoms with Gasteiger partial charge >= 0.3 is 0 Å². The fraction of sp³-hybridized carbons (Fsp3) is 0.370. The van der Waals surface area contributed by atoms with Crippen LogP contribution in [0.15, 0.2) is 42.7 Å². The Morgan fingerprint density at radius 2 is 1.82 bits per heavy atom. The number of rotatable bonds is 6. The van der Waals surface area contributed by atoms with Crippen molar-refractivity contribution in [3.8, 4) is 11.1 Å². The van der Waals surface area contributed by atoms with E-state index in [1.807, 2.05) is 13.0 Å². The molecule has 0 unspecified atom stereocenters. The second-order valence-corrected chi connectivity index (χ2v) is 9.18. The molecule has 1 aliphatic carbocycles. The van der Waals surface area contributed by atoms with Gasteiger partial charge in [0.2, 0.25) is 0 Å². The third kappa shape index (κ3) is 4.04. The highest BCUT2D eigenvalue weighted by atomic mass is 19.1. The quantitative estimate of drug-likeness (QED) is 0.472. The summed E-state index contributed by atoms with van der Waals surface area (Å²) >= 11 is 0. The van der Waals surface area contributed by atoms with Crippen LogP contribution in [-0.2, 0) is 6.54 Å². The van der Waals surface area contributed by atoms with Crippen LogP contribution in [0.4, 0.5) is 14.6 Å². The topological polar surface area (TPSA) is 58.1 Å². The maximum Gasteiger partial charge on any atom is 0.254 e. The summed E-state index contributed by atoms with van der Waals surface area (Å²) in [6.45, 7) is 4.74. The van der Waals surface area contributed by atoms with E-state index in [4.69, 9.17) is 0 Å². The minimum atomic E-state index is -0.542. The average Bonchev–Trinajstić information content (AvgIpc) is 3.49. The molecule has 176 valence electrons. The van der Waals surface area contributed by atoms with Gasteiger partial charge in [-0.3, -0.25) is 9.78 Å². The molecule has 0 bridgehead atoms. The molecular weight excluding hydrogens is 434 g/mol. The van der Waals surface area contributed by atoms with Crippen molar-refractivity contribution in [1.82, 2.24) is 14.9 Å². The molecule has 34 heavy (non-hydrogen) atoms. The van der Waals surface area contributed by atoms with Crippen molar-refractivity contribution in [3.63, 3.8) is 0 Å². The molecule has 5 nitrogen and oxygen atoms in total. The first-order valence-corrected chi connectivity index (χ1v) is 11.9. The van der Waals surface area contributed by atoms with Gasteiger partial charge < -0.3 is 10.2 Å². The Hall–Kier alpha value is -3.35. The number of carbonyl (C=O) groups excluding carboxylic acids is 1. The smallest absolute Gasteiger partial charge is 0.254 e. The van der Waals surface area contributed by atoms with Crippen molar-refractivity contribution in [2.75, 3.05) is 11.9 Å². The van der Waals surface area contributed by atoms with Crippen LogP contribution in [-0.4, -0.2) is 27.3 Å². The molecule has 3 heterocycles. The van der Waals surface area contributed by atoms with Gasteiger partial charge in [0.25, 0.3) is 5.91 Å². The summed E-state index contributed by atoms with van der Waals surface area (Å²) in [5.74, 6) is -0.0892. The van der Waals surface area contributed by atoms with Gasteiger partial charge in [-0.1, -0.05) is 12.8 Å². The molecule has 2 aromatic heterocycles. The molecule has 1 saturated carbocycles. The van der Waals surface area contributed by atoms with E-state index in [1.165, 1.54) is 25.0 Å². The second-order valence-electron chi connectivity index (χ2n) is 9.18. The number of amides is 1. The minimum absolute atomic E-state index is 0.0356. The zero-order valence-electron chi connectivity index (χ0n) is 19.4. The van der Waals surface area contributed by atoms with E-state index >= 15 is 8.78 Å². The standard InChI is InChI=1S/C27H28F2N4O/c1-3-33-15-22-19(27(33)34)9-11-31-26(22)32-16(2)20-13-24(29)21(14-23(20)28)18-8-10-30-25(12-18)17-6-4-5-7-17/h8-14,16-17H,3-7,15H2,1-2H3,(H,31,32)/t16-/m0/s1. The predicted octanol–water partition coefficient (Wildman–Crippen LogP) is 6.23. The van der Waals surface area contributed by atoms with Crippen molar-refractivity contribution < 1.29 is 13.6 Å². The van der Waals surface area contributed by atoms with Crippen molar-refractivity contribution in [3.05, 3.63) is 76.7 Å². The summed E-state index contributed by atoms with van der Waals surface area (Å²) in [6, 6.07) is 7.30. The van der Waals surface area contributed by atoms with E-state index in [1.54, 1.807) is 36.4 Å². The van der Waals surface area contributed by atoms with Crippen molar-refractivity contribution in [2.24, 2.45) is 0 Å². The van der Waals surface area contributed by atoms with E-state index in [0.29, 0.717) is 36.0 Å². The van der Waals surface area contributed by atoms with Gasteiger partial charge in [0.05, 0.1) is 12.6 Å². The molecule has 0 spiro atoms. The monoisotopic (exact) mass is 462 g/mol. The van der Waals surface area contributed by atoms with Crippen molar-refractivity contribution >= 4 is 11.7 Å². The molecule has 7 heteroatoms. The summed E-state index contributed by atoms with van der Waals surface area (Å²) in [6.07, 6.45) is 7.80. The van der Waals surface area contributed by atoms with Gasteiger partial charge in [-0.25, -0.2) is 13.8 Å². The van der Waals surface area contributed by atoms with Gasteiger partial charge in [0.1, 0.15) is 17.5 Å². The second kappa shape index (κ2) is 9.12. The number of carbonyl (C=O) groups is 1. The lowest BCUT2D eigenvalue weighted by Gasteiger charge is -2.19. The molecule has 1 aromatic carbocycles. The number of nitrogens with one attached hydrogen (secondary N) is 1. The number of aromatic nitrogens is 2. The maximum atomic E-state index is 15.2. The van der Waals surface area contributed by atoms with E-state index in [2.05, 4.69) is 15.3 Å². The Labute approximate surface area is 198 Å². The normalized spacial score (nSPS) is 16.7. The lowest BCUT2D eigenvalue weighted by Crippen LogP contribution is -2.22. The number of anilines is 1. The van der Waals surface area contributed by atoms with Crippen LogP contribution < -0.4 is 5.32 Å². The lowest BCUT2D eigenvalue weighted by atomic mass is 9.97. The lowest BCUT2D eigenvalue weighted by molar-refractivity contribution is 0.0787. The fourth-order valence-corrected chi connectivity index (χ4v) is 5.12. The highest BCUT2D eigenvalue weighted by molar-refractivity contribution is 5.99. The molecule has 1 amide bonds. The first kappa shape index (κ1) is 22.4. The van der Waals surface area contributed by atoms with E-state index < -0.39 is 17.7 Å². The summed E-state index contributed by atoms with van der Waals surface area (Å²) in [5.41, 5.74) is 3.43. The van der Waals surface area contributed by atoms with Crippen molar-refractivity contribution in [1.29, 1.82) is 0 Å². The molecule has 1 aliphatic heterocycles. The van der Waals surface area contributed by atoms with Crippen LogP contribution in [0.5, 0.6) is 0 Å². The zero-order chi connectivity index (χ0) is 23.8. The molecule has 0 saturated heterocycles. The van der Waals surface area contributed by atoms with Crippen LogP contribution >= 0.6 is 0 Å². The minimum Gasteiger partial charge on any atom is -0.363 e. The van der Waals surface area contributed by atoms with Crippen LogP contribution in [0, 0.1) is 11.6 Å². The fourth-order valence-electron chi connectivity index (χ4n) is 5.12. The number of nitrogens with zero attached hydrogens (tertiary/aromatic N) is 3. The number of halogens is 2. The van der Waals surface area contributed by atoms with Gasteiger partial charge in [-0.15, -0.1) is 0 Å². The molecule has 1 N–H and O–H groups in total. The molecule has 3 aromatic rings. The maximum absolute atomic E-state index is 15.2. The molecule has 0 radical (unpaired) electrons. The van der Waals surface area contributed by atoms with Gasteiger partial charge in [-0.2, -0.15) is 0 Å². The van der Waals surface area contributed by atoms with E-state index in [0.717, 1.165) is 24.1 Å². The molecule has 2 aliphatic rings. The molecule has 1 fully saturated rings. The highest BCUT2D eigenvalue weighted by Crippen LogP contribution is 2.36. The highest BCUT2D eigenvalue weighted by Gasteiger charge is 2.29. The van der Waals surface area contributed by atoms with Crippen LogP contribution in [0.2, 0.25) is 0 Å². The third-order valence-corrected chi connectivity index (χ3v) is 7.08. The number of hydrogen-bond acceptors (Lipinski definition) is 4. The summed E-state index contributed by atoms with van der Waals surface area (Å²) in [5, 5.41) is 3.19. The van der Waals surface area contributed by atoms with Gasteiger partial charge in [0, 0.05) is 52.8 Å². The Kier molecular flexibility index (Phi) is 6.02. The SMILES string of the molecule is CCN1Cc2c(ccnc2N[C@@H](C)c2cc(F)c(-c3ccnc(C4CCCC4)c3)cc2F)C1=O. The Bertz CT molecular complexity index is 1240.